The Balaban J connectivity index is 1.42. The van der Waals surface area contributed by atoms with Crippen molar-refractivity contribution in [2.75, 3.05) is 31.3 Å². The highest BCUT2D eigenvalue weighted by Gasteiger charge is 2.47. The number of nitrogens with two attached hydrogens (primary N) is 1. The maximum absolute atomic E-state index is 13.5. The van der Waals surface area contributed by atoms with Crippen molar-refractivity contribution < 1.29 is 65.2 Å². The van der Waals surface area contributed by atoms with Gasteiger partial charge in [0.25, 0.3) is 6.29 Å². The van der Waals surface area contributed by atoms with E-state index < -0.39 is 74.7 Å². The maximum Gasteiger partial charge on any atom is 0.481 e. The molecule has 0 aromatic carbocycles. The molecule has 0 aliphatic carbocycles. The SMILES string of the molecule is CCCCCCCCCCS(=O)(=O)C(CCCCCCCCC)C(C)OCCCOP(=O)(O)OP(=O)(O)OC[C@H]1O[C@@H](On2cnc3c(N)ncnc32)[C@@H](O)[C@@H]1O. The number of rotatable bonds is 32. The first-order chi connectivity index (χ1) is 27.1. The highest BCUT2D eigenvalue weighted by atomic mass is 32.2. The van der Waals surface area contributed by atoms with E-state index in [0.717, 1.165) is 62.4 Å². The number of phosphoric ester groups is 2. The number of phosphoric acid groups is 2. The van der Waals surface area contributed by atoms with E-state index in [9.17, 15) is 37.5 Å². The summed E-state index contributed by atoms with van der Waals surface area (Å²) in [7, 11) is -13.9. The van der Waals surface area contributed by atoms with Crippen LogP contribution < -0.4 is 10.6 Å². The Morgan fingerprint density at radius 3 is 2.07 bits per heavy atom. The molecular weight excluding hydrogens is 808 g/mol. The molecule has 19 nitrogen and oxygen atoms in total. The smallest absolute Gasteiger partial charge is 0.387 e. The highest BCUT2D eigenvalue weighted by Crippen LogP contribution is 2.60. The normalized spacial score (nSPS) is 22.0. The highest BCUT2D eigenvalue weighted by molar-refractivity contribution is 7.92. The summed E-state index contributed by atoms with van der Waals surface area (Å²) < 4.78 is 78.4. The number of anilines is 1. The summed E-state index contributed by atoms with van der Waals surface area (Å²) in [5.41, 5.74) is 6.10. The molecule has 0 spiro atoms. The molecule has 6 N–H and O–H groups in total. The predicted molar refractivity (Wildman–Crippen MR) is 212 cm³/mol. The number of hydrogen-bond donors (Lipinski definition) is 5. The van der Waals surface area contributed by atoms with Crippen molar-refractivity contribution in [3.05, 3.63) is 12.7 Å². The van der Waals surface area contributed by atoms with Gasteiger partial charge in [-0.3, -0.25) is 9.05 Å². The van der Waals surface area contributed by atoms with Crippen LogP contribution in [0.4, 0.5) is 5.82 Å². The molecule has 1 fully saturated rings. The summed E-state index contributed by atoms with van der Waals surface area (Å²) in [6.45, 7) is 4.77. The zero-order valence-corrected chi connectivity index (χ0v) is 36.1. The minimum absolute atomic E-state index is 0.00702. The first kappa shape index (κ1) is 49.6. The van der Waals surface area contributed by atoms with E-state index in [1.165, 1.54) is 44.9 Å². The monoisotopic (exact) mass is 873 g/mol. The molecule has 1 aliphatic rings. The molecule has 8 atom stereocenters. The molecular formula is C35H65N5O14P2S. The molecule has 1 saturated heterocycles. The standard InChI is InChI=1S/C35H65N5O14P2S/c1-4-6-8-10-12-14-16-18-23-57(47,48)29(20-17-15-13-11-9-7-5-2)27(3)49-21-19-22-50-55(43,44)54-56(45,46)51-24-28-31(41)32(42)35(52-28)53-40-26-39-30-33(36)37-25-38-34(30)40/h25-29,31-32,35,41-42H,4-24H2,1-3H3,(H,43,44)(H,45,46)(H2,36,37,38)/t27?,28-,29?,31-,32+,35+/m1/s1. The second-order valence-corrected chi connectivity index (χ2v) is 19.9. The Hall–Kier alpha value is -1.80. The van der Waals surface area contributed by atoms with Crippen LogP contribution >= 0.6 is 15.6 Å². The van der Waals surface area contributed by atoms with Crippen LogP contribution in [0.2, 0.25) is 0 Å². The Labute approximate surface area is 336 Å². The van der Waals surface area contributed by atoms with Crippen LogP contribution in [0.1, 0.15) is 130 Å². The van der Waals surface area contributed by atoms with Crippen LogP contribution in [0.15, 0.2) is 12.7 Å². The van der Waals surface area contributed by atoms with Crippen LogP contribution in [0.3, 0.4) is 0 Å². The van der Waals surface area contributed by atoms with E-state index in [2.05, 4.69) is 33.1 Å². The van der Waals surface area contributed by atoms with Crippen LogP contribution in [-0.2, 0) is 41.8 Å². The van der Waals surface area contributed by atoms with Crippen LogP contribution in [0.25, 0.3) is 11.2 Å². The molecule has 0 saturated carbocycles. The maximum atomic E-state index is 13.5. The minimum Gasteiger partial charge on any atom is -0.387 e. The number of hydrogen-bond acceptors (Lipinski definition) is 16. The van der Waals surface area contributed by atoms with E-state index in [4.69, 9.17) is 29.1 Å². The number of sulfone groups is 1. The van der Waals surface area contributed by atoms with E-state index in [1.54, 1.807) is 6.92 Å². The van der Waals surface area contributed by atoms with Gasteiger partial charge in [0, 0.05) is 6.61 Å². The molecule has 22 heteroatoms. The lowest BCUT2D eigenvalue weighted by atomic mass is 10.1. The number of imidazole rings is 1. The fourth-order valence-electron chi connectivity index (χ4n) is 6.52. The quantitative estimate of drug-likeness (QED) is 0.0455. The lowest BCUT2D eigenvalue weighted by molar-refractivity contribution is -0.168. The predicted octanol–water partition coefficient (Wildman–Crippen LogP) is 5.39. The van der Waals surface area contributed by atoms with Gasteiger partial charge < -0.3 is 40.0 Å². The molecule has 0 amide bonds. The third-order valence-electron chi connectivity index (χ3n) is 9.76. The lowest BCUT2D eigenvalue weighted by Gasteiger charge is -2.25. The van der Waals surface area contributed by atoms with Crippen molar-refractivity contribution in [3.63, 3.8) is 0 Å². The molecule has 1 aliphatic heterocycles. The number of nitrogen functional groups attached to an aromatic ring is 1. The number of fused-ring (bicyclic) bond motifs is 1. The Bertz CT molecular complexity index is 1660. The van der Waals surface area contributed by atoms with Gasteiger partial charge in [0.15, 0.2) is 21.2 Å². The van der Waals surface area contributed by atoms with E-state index in [-0.39, 0.29) is 35.8 Å². The third-order valence-corrected chi connectivity index (χ3v) is 14.8. The van der Waals surface area contributed by atoms with Crippen LogP contribution in [-0.4, -0.2) is 110 Å². The zero-order valence-electron chi connectivity index (χ0n) is 33.5. The van der Waals surface area contributed by atoms with Gasteiger partial charge in [-0.25, -0.2) is 32.5 Å². The number of aliphatic hydroxyl groups is 2. The summed E-state index contributed by atoms with van der Waals surface area (Å²) >= 11 is 0. The zero-order chi connectivity index (χ0) is 41.9. The Morgan fingerprint density at radius 2 is 1.42 bits per heavy atom. The Kier molecular flexibility index (Phi) is 21.8. The van der Waals surface area contributed by atoms with Crippen molar-refractivity contribution in [3.8, 4) is 0 Å². The van der Waals surface area contributed by atoms with E-state index in [1.807, 2.05) is 0 Å². The van der Waals surface area contributed by atoms with Gasteiger partial charge in [0.05, 0.1) is 30.3 Å². The third kappa shape index (κ3) is 17.4. The van der Waals surface area contributed by atoms with E-state index in [0.29, 0.717) is 12.8 Å². The van der Waals surface area contributed by atoms with Gasteiger partial charge in [-0.15, -0.1) is 4.73 Å². The molecule has 2 aromatic rings. The Morgan fingerprint density at radius 1 is 0.825 bits per heavy atom. The molecule has 57 heavy (non-hydrogen) atoms. The van der Waals surface area contributed by atoms with Crippen molar-refractivity contribution >= 4 is 42.5 Å². The van der Waals surface area contributed by atoms with E-state index >= 15 is 0 Å². The van der Waals surface area contributed by atoms with Crippen LogP contribution in [0.5, 0.6) is 0 Å². The molecule has 3 rings (SSSR count). The van der Waals surface area contributed by atoms with Crippen molar-refractivity contribution in [1.29, 1.82) is 0 Å². The second kappa shape index (κ2) is 25.1. The molecule has 0 radical (unpaired) electrons. The molecule has 4 unspecified atom stereocenters. The van der Waals surface area contributed by atoms with Gasteiger partial charge in [0.2, 0.25) is 5.65 Å². The van der Waals surface area contributed by atoms with Gasteiger partial charge in [-0.2, -0.15) is 4.31 Å². The van der Waals surface area contributed by atoms with Crippen molar-refractivity contribution in [2.45, 2.75) is 166 Å². The van der Waals surface area contributed by atoms with Gasteiger partial charge in [-0.1, -0.05) is 104 Å². The lowest BCUT2D eigenvalue weighted by Crippen LogP contribution is -2.38. The summed E-state index contributed by atoms with van der Waals surface area (Å²) in [5, 5.41) is 20.1. The minimum atomic E-state index is -5.27. The topological polar surface area (TPSA) is 274 Å². The van der Waals surface area contributed by atoms with Gasteiger partial charge in [-0.05, 0) is 26.2 Å². The molecule has 2 aromatic heterocycles. The first-order valence-electron chi connectivity index (χ1n) is 20.2. The largest absolute Gasteiger partial charge is 0.481 e. The summed E-state index contributed by atoms with van der Waals surface area (Å²) in [5.74, 6) is 0.173. The second-order valence-electron chi connectivity index (χ2n) is 14.5. The number of nitrogens with zero attached hydrogens (tertiary/aromatic N) is 4. The number of ether oxygens (including phenoxy) is 2. The molecule has 330 valence electrons. The molecule has 0 bridgehead atoms. The summed E-state index contributed by atoms with van der Waals surface area (Å²) in [4.78, 5) is 37.5. The number of aliphatic hydroxyl groups excluding tert-OH is 2. The summed E-state index contributed by atoms with van der Waals surface area (Å²) in [6.07, 6.45) is 11.8. The van der Waals surface area contributed by atoms with Gasteiger partial charge >= 0.3 is 15.6 Å². The first-order valence-corrected chi connectivity index (χ1v) is 24.9. The van der Waals surface area contributed by atoms with Gasteiger partial charge in [0.1, 0.15) is 31.0 Å². The average Bonchev–Trinajstić information content (AvgIpc) is 3.68. The van der Waals surface area contributed by atoms with Crippen molar-refractivity contribution in [2.24, 2.45) is 0 Å². The van der Waals surface area contributed by atoms with Crippen molar-refractivity contribution in [1.82, 2.24) is 19.7 Å². The average molecular weight is 874 g/mol. The fourth-order valence-corrected chi connectivity index (χ4v) is 10.7. The fraction of sp³-hybridized carbons (Fsp3) is 0.857. The van der Waals surface area contributed by atoms with Crippen LogP contribution in [0, 0.1) is 0 Å². The molecule has 3 heterocycles. The number of aromatic nitrogens is 4. The number of unbranched alkanes of at least 4 members (excludes halogenated alkanes) is 13. The summed E-state index contributed by atoms with van der Waals surface area (Å²) in [6, 6.07) is 0.